The van der Waals surface area contributed by atoms with Gasteiger partial charge in [-0.05, 0) is 48.9 Å². The first kappa shape index (κ1) is 29.0. The molecule has 12 heteroatoms. The van der Waals surface area contributed by atoms with Gasteiger partial charge in [0.25, 0.3) is 5.91 Å². The van der Waals surface area contributed by atoms with Crippen molar-refractivity contribution < 1.29 is 41.8 Å². The Morgan fingerprint density at radius 2 is 1.79 bits per heavy atom. The Labute approximate surface area is 222 Å². The fourth-order valence-electron chi connectivity index (χ4n) is 3.73. The van der Waals surface area contributed by atoms with E-state index < -0.39 is 42.1 Å². The van der Waals surface area contributed by atoms with Gasteiger partial charge in [0.2, 0.25) is 5.91 Å². The molecule has 0 spiro atoms. The molecule has 2 aromatic carbocycles. The van der Waals surface area contributed by atoms with Gasteiger partial charge in [0.15, 0.2) is 6.61 Å². The van der Waals surface area contributed by atoms with Gasteiger partial charge in [0.1, 0.15) is 0 Å². The highest BCUT2D eigenvalue weighted by molar-refractivity contribution is 6.33. The quantitative estimate of drug-likeness (QED) is 0.318. The lowest BCUT2D eigenvalue weighted by Gasteiger charge is -2.17. The molecule has 38 heavy (non-hydrogen) atoms. The van der Waals surface area contributed by atoms with Crippen LogP contribution in [0.4, 0.5) is 24.5 Å². The minimum Gasteiger partial charge on any atom is -0.462 e. The second-order valence-corrected chi connectivity index (χ2v) is 9.05. The van der Waals surface area contributed by atoms with Crippen LogP contribution >= 0.6 is 11.6 Å². The molecule has 1 N–H and O–H groups in total. The zero-order valence-electron chi connectivity index (χ0n) is 20.5. The van der Waals surface area contributed by atoms with E-state index in [0.717, 1.165) is 31.4 Å². The lowest BCUT2D eigenvalue weighted by atomic mass is 10.1. The topological polar surface area (TPSA) is 102 Å². The monoisotopic (exact) mass is 554 g/mol. The van der Waals surface area contributed by atoms with Gasteiger partial charge in [-0.2, -0.15) is 13.2 Å². The molecule has 0 aromatic heterocycles. The Balaban J connectivity index is 1.51. The number of rotatable bonds is 10. The van der Waals surface area contributed by atoms with Crippen molar-refractivity contribution in [1.82, 2.24) is 0 Å². The second kappa shape index (κ2) is 12.8. The number of carbonyl (C=O) groups is 4. The van der Waals surface area contributed by atoms with Crippen LogP contribution in [0, 0.1) is 5.92 Å². The van der Waals surface area contributed by atoms with E-state index in [1.54, 1.807) is 12.1 Å². The third-order valence-electron chi connectivity index (χ3n) is 5.77. The molecule has 1 atom stereocenters. The summed E-state index contributed by atoms with van der Waals surface area (Å²) in [7, 11) is 0. The number of nitrogens with one attached hydrogen (secondary N) is 1. The maximum absolute atomic E-state index is 12.9. The summed E-state index contributed by atoms with van der Waals surface area (Å²) in [6.45, 7) is 1.60. The third kappa shape index (κ3) is 7.70. The molecular formula is C26H26ClF3N2O6. The lowest BCUT2D eigenvalue weighted by molar-refractivity contribution is -0.151. The summed E-state index contributed by atoms with van der Waals surface area (Å²) in [5, 5.41) is 2.06. The number of amides is 2. The molecule has 1 fully saturated rings. The maximum Gasteiger partial charge on any atom is 0.416 e. The van der Waals surface area contributed by atoms with Crippen LogP contribution in [0.5, 0.6) is 0 Å². The zero-order valence-corrected chi connectivity index (χ0v) is 21.2. The number of alkyl halides is 3. The van der Waals surface area contributed by atoms with Crippen LogP contribution in [0.3, 0.4) is 0 Å². The van der Waals surface area contributed by atoms with E-state index in [-0.39, 0.29) is 29.6 Å². The first-order valence-corrected chi connectivity index (χ1v) is 12.3. The summed E-state index contributed by atoms with van der Waals surface area (Å²) in [5.74, 6) is -3.36. The van der Waals surface area contributed by atoms with Crippen molar-refractivity contribution in [3.05, 3.63) is 58.6 Å². The number of carbonyl (C=O) groups excluding carboxylic acids is 4. The van der Waals surface area contributed by atoms with Gasteiger partial charge in [-0.3, -0.25) is 14.4 Å². The van der Waals surface area contributed by atoms with Crippen molar-refractivity contribution in [1.29, 1.82) is 0 Å². The van der Waals surface area contributed by atoms with Crippen molar-refractivity contribution in [2.45, 2.75) is 38.8 Å². The normalized spacial score (nSPS) is 15.3. The number of ether oxygens (including phenoxy) is 2. The standard InChI is InChI=1S/C26H26ClF3N2O6/c1-2-3-4-11-37-24(35)16-5-8-19(9-6-16)32-14-17(12-23(32)34)25(36)38-15-22(33)31-21-13-18(26(28,29)30)7-10-20(21)27/h5-10,13,17H,2-4,11-12,14-15H2,1H3,(H,31,33)/t17-/m1/s1. The van der Waals surface area contributed by atoms with E-state index in [9.17, 15) is 32.3 Å². The summed E-state index contributed by atoms with van der Waals surface area (Å²) in [6.07, 6.45) is -2.04. The number of halogens is 4. The number of benzene rings is 2. The Kier molecular flexibility index (Phi) is 9.73. The molecule has 2 aromatic rings. The van der Waals surface area contributed by atoms with Crippen LogP contribution in [0.2, 0.25) is 5.02 Å². The summed E-state index contributed by atoms with van der Waals surface area (Å²) in [6, 6.07) is 8.63. The fourth-order valence-corrected chi connectivity index (χ4v) is 3.90. The minimum atomic E-state index is -4.63. The molecular weight excluding hydrogens is 529 g/mol. The summed E-state index contributed by atoms with van der Waals surface area (Å²) >= 11 is 5.85. The van der Waals surface area contributed by atoms with Crippen LogP contribution in [0.15, 0.2) is 42.5 Å². The summed E-state index contributed by atoms with van der Waals surface area (Å²) in [4.78, 5) is 50.5. The number of nitrogens with zero attached hydrogens (tertiary/aromatic N) is 1. The van der Waals surface area contributed by atoms with E-state index in [1.807, 2.05) is 6.92 Å². The van der Waals surface area contributed by atoms with Crippen molar-refractivity contribution in [3.8, 4) is 0 Å². The highest BCUT2D eigenvalue weighted by atomic mass is 35.5. The van der Waals surface area contributed by atoms with Gasteiger partial charge in [0.05, 0.1) is 34.4 Å². The van der Waals surface area contributed by atoms with Gasteiger partial charge >= 0.3 is 18.1 Å². The molecule has 2 amide bonds. The van der Waals surface area contributed by atoms with Crippen molar-refractivity contribution in [2.24, 2.45) is 5.92 Å². The fraction of sp³-hybridized carbons (Fsp3) is 0.385. The molecule has 0 aliphatic carbocycles. The van der Waals surface area contributed by atoms with E-state index in [2.05, 4.69) is 5.32 Å². The number of hydrogen-bond acceptors (Lipinski definition) is 6. The Bertz CT molecular complexity index is 1190. The molecule has 0 bridgehead atoms. The van der Waals surface area contributed by atoms with Crippen molar-refractivity contribution in [3.63, 3.8) is 0 Å². The Morgan fingerprint density at radius 3 is 2.45 bits per heavy atom. The average molecular weight is 555 g/mol. The van der Waals surface area contributed by atoms with Crippen LogP contribution in [-0.2, 0) is 30.0 Å². The predicted octanol–water partition coefficient (Wildman–Crippen LogP) is 5.24. The molecule has 8 nitrogen and oxygen atoms in total. The molecule has 1 heterocycles. The van der Waals surface area contributed by atoms with Crippen molar-refractivity contribution in [2.75, 3.05) is 30.0 Å². The van der Waals surface area contributed by atoms with Crippen LogP contribution in [0.25, 0.3) is 0 Å². The van der Waals surface area contributed by atoms with E-state index in [0.29, 0.717) is 23.9 Å². The third-order valence-corrected chi connectivity index (χ3v) is 6.10. The molecule has 204 valence electrons. The first-order valence-electron chi connectivity index (χ1n) is 11.9. The number of hydrogen-bond donors (Lipinski definition) is 1. The van der Waals surface area contributed by atoms with Crippen LogP contribution < -0.4 is 10.2 Å². The van der Waals surface area contributed by atoms with Gasteiger partial charge in [0, 0.05) is 18.7 Å². The second-order valence-electron chi connectivity index (χ2n) is 8.64. The Hall–Kier alpha value is -3.60. The maximum atomic E-state index is 12.9. The molecule has 3 rings (SSSR count). The molecule has 0 unspecified atom stereocenters. The summed E-state index contributed by atoms with van der Waals surface area (Å²) < 4.78 is 48.9. The smallest absolute Gasteiger partial charge is 0.416 e. The van der Waals surface area contributed by atoms with Gasteiger partial charge in [-0.15, -0.1) is 0 Å². The molecule has 1 saturated heterocycles. The number of anilines is 2. The summed E-state index contributed by atoms with van der Waals surface area (Å²) in [5.41, 5.74) is -0.474. The van der Waals surface area contributed by atoms with E-state index in [1.165, 1.54) is 17.0 Å². The minimum absolute atomic E-state index is 0.000444. The average Bonchev–Trinajstić information content (AvgIpc) is 3.27. The highest BCUT2D eigenvalue weighted by Gasteiger charge is 2.36. The molecule has 1 aliphatic rings. The highest BCUT2D eigenvalue weighted by Crippen LogP contribution is 2.34. The van der Waals surface area contributed by atoms with Gasteiger partial charge in [-0.25, -0.2) is 4.79 Å². The van der Waals surface area contributed by atoms with E-state index >= 15 is 0 Å². The molecule has 0 radical (unpaired) electrons. The van der Waals surface area contributed by atoms with Gasteiger partial charge in [-0.1, -0.05) is 31.4 Å². The first-order chi connectivity index (χ1) is 18.0. The largest absolute Gasteiger partial charge is 0.462 e. The van der Waals surface area contributed by atoms with Crippen LogP contribution in [-0.4, -0.2) is 43.5 Å². The number of esters is 2. The zero-order chi connectivity index (χ0) is 27.9. The lowest BCUT2D eigenvalue weighted by Crippen LogP contribution is -2.28. The SMILES string of the molecule is CCCCCOC(=O)c1ccc(N2C[C@H](C(=O)OCC(=O)Nc3cc(C(F)(F)F)ccc3Cl)CC2=O)cc1. The van der Waals surface area contributed by atoms with E-state index in [4.69, 9.17) is 21.1 Å². The van der Waals surface area contributed by atoms with Crippen LogP contribution in [0.1, 0.15) is 48.5 Å². The molecule has 0 saturated carbocycles. The number of unbranched alkanes of at least 4 members (excludes halogenated alkanes) is 2. The van der Waals surface area contributed by atoms with Gasteiger partial charge < -0.3 is 19.7 Å². The predicted molar refractivity (Wildman–Crippen MR) is 133 cm³/mol. The van der Waals surface area contributed by atoms with Crippen molar-refractivity contribution >= 4 is 46.7 Å². The molecule has 1 aliphatic heterocycles. The Morgan fingerprint density at radius 1 is 1.08 bits per heavy atom.